The minimum Gasteiger partial charge on any atom is -0.378 e. The van der Waals surface area contributed by atoms with Crippen molar-refractivity contribution in [1.82, 2.24) is 10.6 Å². The maximum absolute atomic E-state index is 12.2. The molecule has 2 heterocycles. The number of carbonyl (C=O) groups is 1. The second-order valence-electron chi connectivity index (χ2n) is 5.71. The summed E-state index contributed by atoms with van der Waals surface area (Å²) in [7, 11) is 1.69. The van der Waals surface area contributed by atoms with E-state index in [1.807, 2.05) is 0 Å². The lowest BCUT2D eigenvalue weighted by Gasteiger charge is -2.31. The maximum Gasteiger partial charge on any atom is 0.237 e. The number of hydrogen-bond acceptors (Lipinski definition) is 4. The second kappa shape index (κ2) is 6.68. The second-order valence-corrected chi connectivity index (χ2v) is 5.71. The summed E-state index contributed by atoms with van der Waals surface area (Å²) in [5, 5.41) is 6.33. The van der Waals surface area contributed by atoms with Gasteiger partial charge in [-0.2, -0.15) is 0 Å². The van der Waals surface area contributed by atoms with Gasteiger partial charge in [-0.15, -0.1) is 0 Å². The van der Waals surface area contributed by atoms with E-state index in [0.717, 1.165) is 25.8 Å². The molecule has 0 aromatic carbocycles. The average Bonchev–Trinajstić information content (AvgIpc) is 2.94. The Morgan fingerprint density at radius 1 is 1.58 bits per heavy atom. The molecule has 0 radical (unpaired) electrons. The molecule has 0 saturated carbocycles. The lowest BCUT2D eigenvalue weighted by molar-refractivity contribution is -0.125. The molecule has 2 aliphatic rings. The topological polar surface area (TPSA) is 59.6 Å². The van der Waals surface area contributed by atoms with Crippen LogP contribution in [0, 0.1) is 5.92 Å². The fourth-order valence-electron chi connectivity index (χ4n) is 2.90. The minimum absolute atomic E-state index is 0.0464. The Labute approximate surface area is 115 Å². The quantitative estimate of drug-likeness (QED) is 0.771. The Hall–Kier alpha value is -0.650. The molecular formula is C14H26N2O3. The minimum atomic E-state index is -0.325. The molecule has 2 N–H and O–H groups in total. The Morgan fingerprint density at radius 2 is 2.42 bits per heavy atom. The molecule has 2 saturated heterocycles. The molecular weight excluding hydrogens is 244 g/mol. The molecule has 0 aromatic heterocycles. The van der Waals surface area contributed by atoms with Crippen molar-refractivity contribution in [2.45, 2.75) is 44.2 Å². The van der Waals surface area contributed by atoms with Gasteiger partial charge in [0.2, 0.25) is 5.91 Å². The predicted molar refractivity (Wildman–Crippen MR) is 73.0 cm³/mol. The first-order valence-electron chi connectivity index (χ1n) is 7.33. The third-order valence-electron chi connectivity index (χ3n) is 4.49. The van der Waals surface area contributed by atoms with Crippen molar-refractivity contribution >= 4 is 5.91 Å². The third-order valence-corrected chi connectivity index (χ3v) is 4.49. The normalized spacial score (nSPS) is 35.3. The fourth-order valence-corrected chi connectivity index (χ4v) is 2.90. The molecule has 19 heavy (non-hydrogen) atoms. The van der Waals surface area contributed by atoms with Crippen LogP contribution in [-0.2, 0) is 14.3 Å². The van der Waals surface area contributed by atoms with Crippen LogP contribution in [0.2, 0.25) is 0 Å². The zero-order valence-corrected chi connectivity index (χ0v) is 12.0. The van der Waals surface area contributed by atoms with Crippen molar-refractivity contribution < 1.29 is 14.3 Å². The molecule has 2 rings (SSSR count). The fraction of sp³-hybridized carbons (Fsp3) is 0.929. The van der Waals surface area contributed by atoms with E-state index in [0.29, 0.717) is 25.7 Å². The molecule has 3 atom stereocenters. The van der Waals surface area contributed by atoms with Gasteiger partial charge in [0.15, 0.2) is 0 Å². The van der Waals surface area contributed by atoms with Crippen LogP contribution in [0.3, 0.4) is 0 Å². The van der Waals surface area contributed by atoms with Gasteiger partial charge in [-0.3, -0.25) is 4.79 Å². The van der Waals surface area contributed by atoms with Gasteiger partial charge in [0.05, 0.1) is 12.6 Å². The Morgan fingerprint density at radius 3 is 3.05 bits per heavy atom. The first kappa shape index (κ1) is 14.8. The Kier molecular flexibility index (Phi) is 5.19. The van der Waals surface area contributed by atoms with Crippen LogP contribution in [-0.4, -0.2) is 51.0 Å². The average molecular weight is 270 g/mol. The zero-order valence-electron chi connectivity index (χ0n) is 12.0. The van der Waals surface area contributed by atoms with E-state index in [2.05, 4.69) is 17.6 Å². The summed E-state index contributed by atoms with van der Waals surface area (Å²) < 4.78 is 10.9. The molecule has 3 unspecified atom stereocenters. The van der Waals surface area contributed by atoms with Gasteiger partial charge in [0.25, 0.3) is 0 Å². The van der Waals surface area contributed by atoms with Crippen molar-refractivity contribution in [2.24, 2.45) is 5.92 Å². The molecule has 2 fully saturated rings. The number of methoxy groups -OCH3 is 1. The van der Waals surface area contributed by atoms with Crippen LogP contribution in [0.25, 0.3) is 0 Å². The van der Waals surface area contributed by atoms with E-state index >= 15 is 0 Å². The van der Waals surface area contributed by atoms with Crippen molar-refractivity contribution in [3.8, 4) is 0 Å². The van der Waals surface area contributed by atoms with Gasteiger partial charge in [0.1, 0.15) is 5.60 Å². The SMILES string of the molecule is CCC1CCNC(C(=O)NCC2(OC)CCOC2)C1. The maximum atomic E-state index is 12.2. The van der Waals surface area contributed by atoms with Crippen LogP contribution in [0.15, 0.2) is 0 Å². The predicted octanol–water partition coefficient (Wildman–Crippen LogP) is 0.686. The van der Waals surface area contributed by atoms with Gasteiger partial charge in [0, 0.05) is 26.7 Å². The van der Waals surface area contributed by atoms with Gasteiger partial charge < -0.3 is 20.1 Å². The van der Waals surface area contributed by atoms with E-state index in [-0.39, 0.29) is 17.6 Å². The molecule has 5 heteroatoms. The van der Waals surface area contributed by atoms with E-state index < -0.39 is 0 Å². The lowest BCUT2D eigenvalue weighted by Crippen LogP contribution is -2.53. The summed E-state index contributed by atoms with van der Waals surface area (Å²) >= 11 is 0. The van der Waals surface area contributed by atoms with E-state index in [1.165, 1.54) is 6.42 Å². The van der Waals surface area contributed by atoms with Crippen LogP contribution in [0.4, 0.5) is 0 Å². The number of rotatable bonds is 5. The third kappa shape index (κ3) is 3.68. The molecule has 0 aliphatic carbocycles. The summed E-state index contributed by atoms with van der Waals surface area (Å²) in [5.41, 5.74) is -0.325. The van der Waals surface area contributed by atoms with Crippen molar-refractivity contribution in [2.75, 3.05) is 33.4 Å². The van der Waals surface area contributed by atoms with E-state index in [1.54, 1.807) is 7.11 Å². The van der Waals surface area contributed by atoms with E-state index in [9.17, 15) is 4.79 Å². The number of piperidine rings is 1. The monoisotopic (exact) mass is 270 g/mol. The van der Waals surface area contributed by atoms with Gasteiger partial charge in [-0.25, -0.2) is 0 Å². The highest BCUT2D eigenvalue weighted by Gasteiger charge is 2.36. The highest BCUT2D eigenvalue weighted by molar-refractivity contribution is 5.81. The number of hydrogen-bond donors (Lipinski definition) is 2. The summed E-state index contributed by atoms with van der Waals surface area (Å²) in [6.45, 7) is 4.95. The van der Waals surface area contributed by atoms with Crippen LogP contribution in [0.5, 0.6) is 0 Å². The number of ether oxygens (including phenoxy) is 2. The highest BCUT2D eigenvalue weighted by atomic mass is 16.5. The van der Waals surface area contributed by atoms with Gasteiger partial charge >= 0.3 is 0 Å². The first-order chi connectivity index (χ1) is 9.19. The first-order valence-corrected chi connectivity index (χ1v) is 7.33. The molecule has 1 amide bonds. The zero-order chi connectivity index (χ0) is 13.7. The standard InChI is InChI=1S/C14H26N2O3/c1-3-11-4-6-15-12(8-11)13(17)16-9-14(18-2)5-7-19-10-14/h11-12,15H,3-10H2,1-2H3,(H,16,17). The van der Waals surface area contributed by atoms with Crippen molar-refractivity contribution in [3.05, 3.63) is 0 Å². The Balaban J connectivity index is 1.80. The van der Waals surface area contributed by atoms with Crippen LogP contribution < -0.4 is 10.6 Å². The smallest absolute Gasteiger partial charge is 0.237 e. The highest BCUT2D eigenvalue weighted by Crippen LogP contribution is 2.22. The lowest BCUT2D eigenvalue weighted by atomic mass is 9.90. The summed E-state index contributed by atoms with van der Waals surface area (Å²) in [4.78, 5) is 12.2. The summed E-state index contributed by atoms with van der Waals surface area (Å²) in [6, 6.07) is -0.0464. The van der Waals surface area contributed by atoms with E-state index in [4.69, 9.17) is 9.47 Å². The number of nitrogens with one attached hydrogen (secondary N) is 2. The molecule has 0 aromatic rings. The van der Waals surface area contributed by atoms with Gasteiger partial charge in [-0.05, 0) is 25.3 Å². The number of carbonyl (C=O) groups excluding carboxylic acids is 1. The van der Waals surface area contributed by atoms with Crippen LogP contribution >= 0.6 is 0 Å². The molecule has 0 bridgehead atoms. The molecule has 110 valence electrons. The van der Waals surface area contributed by atoms with Crippen molar-refractivity contribution in [3.63, 3.8) is 0 Å². The van der Waals surface area contributed by atoms with Gasteiger partial charge in [-0.1, -0.05) is 13.3 Å². The largest absolute Gasteiger partial charge is 0.378 e. The summed E-state index contributed by atoms with van der Waals surface area (Å²) in [6.07, 6.45) is 4.12. The Bertz CT molecular complexity index is 303. The molecule has 0 spiro atoms. The molecule has 2 aliphatic heterocycles. The molecule has 5 nitrogen and oxygen atoms in total. The number of amides is 1. The van der Waals surface area contributed by atoms with Crippen LogP contribution in [0.1, 0.15) is 32.6 Å². The van der Waals surface area contributed by atoms with Crippen molar-refractivity contribution in [1.29, 1.82) is 0 Å². The summed E-state index contributed by atoms with van der Waals surface area (Å²) in [5.74, 6) is 0.768.